The lowest BCUT2D eigenvalue weighted by Crippen LogP contribution is -2.43. The summed E-state index contributed by atoms with van der Waals surface area (Å²) in [6.45, 7) is 3.47. The largest absolute Gasteiger partial charge is 0.346 e. The van der Waals surface area contributed by atoms with Crippen molar-refractivity contribution >= 4 is 16.5 Å². The zero-order valence-corrected chi connectivity index (χ0v) is 8.36. The average Bonchev–Trinajstić information content (AvgIpc) is 2.68. The van der Waals surface area contributed by atoms with E-state index in [1.165, 1.54) is 16.7 Å². The summed E-state index contributed by atoms with van der Waals surface area (Å²) in [5.41, 5.74) is -0.108. The molecule has 0 aliphatic carbocycles. The third-order valence-electron chi connectivity index (χ3n) is 2.12. The number of piperazine rings is 1. The van der Waals surface area contributed by atoms with Crippen LogP contribution in [-0.4, -0.2) is 31.2 Å². The molecule has 14 heavy (non-hydrogen) atoms. The Morgan fingerprint density at radius 3 is 2.71 bits per heavy atom. The summed E-state index contributed by atoms with van der Waals surface area (Å²) < 4.78 is 24.5. The van der Waals surface area contributed by atoms with Crippen molar-refractivity contribution in [1.29, 1.82) is 0 Å². The van der Waals surface area contributed by atoms with Crippen LogP contribution in [0.15, 0.2) is 5.38 Å². The zero-order chi connectivity index (χ0) is 9.97. The van der Waals surface area contributed by atoms with Gasteiger partial charge >= 0.3 is 0 Å². The molecule has 1 aliphatic heterocycles. The topological polar surface area (TPSA) is 28.2 Å². The lowest BCUT2D eigenvalue weighted by molar-refractivity contribution is 0.147. The molecule has 1 saturated heterocycles. The van der Waals surface area contributed by atoms with Gasteiger partial charge in [0.05, 0.1) is 0 Å². The van der Waals surface area contributed by atoms with Crippen molar-refractivity contribution in [2.45, 2.75) is 6.43 Å². The number of aromatic nitrogens is 1. The van der Waals surface area contributed by atoms with Gasteiger partial charge in [0.1, 0.15) is 5.69 Å². The van der Waals surface area contributed by atoms with Crippen molar-refractivity contribution in [2.24, 2.45) is 0 Å². The molecule has 0 unspecified atom stereocenters. The van der Waals surface area contributed by atoms with Crippen LogP contribution in [0.25, 0.3) is 0 Å². The highest BCUT2D eigenvalue weighted by Gasteiger charge is 2.17. The van der Waals surface area contributed by atoms with E-state index in [-0.39, 0.29) is 5.69 Å². The second-order valence-corrected chi connectivity index (χ2v) is 3.93. The predicted molar refractivity (Wildman–Crippen MR) is 52.2 cm³/mol. The maximum absolute atomic E-state index is 12.3. The highest BCUT2D eigenvalue weighted by molar-refractivity contribution is 7.13. The van der Waals surface area contributed by atoms with Crippen molar-refractivity contribution in [1.82, 2.24) is 10.3 Å². The van der Waals surface area contributed by atoms with Crippen LogP contribution in [-0.2, 0) is 0 Å². The van der Waals surface area contributed by atoms with E-state index < -0.39 is 6.43 Å². The number of halogens is 2. The first kappa shape index (κ1) is 9.79. The maximum atomic E-state index is 12.3. The van der Waals surface area contributed by atoms with E-state index in [2.05, 4.69) is 10.3 Å². The van der Waals surface area contributed by atoms with E-state index in [1.54, 1.807) is 0 Å². The van der Waals surface area contributed by atoms with Crippen LogP contribution < -0.4 is 10.2 Å². The van der Waals surface area contributed by atoms with Crippen molar-refractivity contribution in [3.63, 3.8) is 0 Å². The summed E-state index contributed by atoms with van der Waals surface area (Å²) in [5.74, 6) is 0. The number of anilines is 1. The first-order chi connectivity index (χ1) is 6.77. The second-order valence-electron chi connectivity index (χ2n) is 3.09. The summed E-state index contributed by atoms with van der Waals surface area (Å²) in [6.07, 6.45) is -2.46. The number of hydrogen-bond donors (Lipinski definition) is 1. The molecular formula is C8H11F2N3S. The number of nitrogens with one attached hydrogen (secondary N) is 1. The van der Waals surface area contributed by atoms with E-state index >= 15 is 0 Å². The Balaban J connectivity index is 2.07. The molecule has 0 atom stereocenters. The summed E-state index contributed by atoms with van der Waals surface area (Å²) >= 11 is 1.29. The normalized spacial score (nSPS) is 17.8. The molecule has 1 aromatic heterocycles. The Bertz CT molecular complexity index is 297. The lowest BCUT2D eigenvalue weighted by atomic mass is 10.4. The highest BCUT2D eigenvalue weighted by atomic mass is 32.1. The van der Waals surface area contributed by atoms with Crippen LogP contribution in [0.5, 0.6) is 0 Å². The van der Waals surface area contributed by atoms with E-state index in [4.69, 9.17) is 0 Å². The van der Waals surface area contributed by atoms with Gasteiger partial charge in [-0.2, -0.15) is 0 Å². The number of alkyl halides is 2. The van der Waals surface area contributed by atoms with Crippen molar-refractivity contribution in [3.8, 4) is 0 Å². The number of hydrogen-bond acceptors (Lipinski definition) is 4. The molecule has 6 heteroatoms. The molecule has 0 amide bonds. The van der Waals surface area contributed by atoms with Crippen LogP contribution in [0, 0.1) is 0 Å². The Hall–Kier alpha value is -0.750. The first-order valence-corrected chi connectivity index (χ1v) is 5.34. The average molecular weight is 219 g/mol. The highest BCUT2D eigenvalue weighted by Crippen LogP contribution is 2.26. The number of thiazole rings is 1. The standard InChI is InChI=1S/C8H11F2N3S/c9-7(10)6-5-14-8(12-6)13-3-1-11-2-4-13/h5,7,11H,1-4H2. The summed E-state index contributed by atoms with van der Waals surface area (Å²) in [7, 11) is 0. The molecule has 0 saturated carbocycles. The van der Waals surface area contributed by atoms with Gasteiger partial charge in [-0.05, 0) is 0 Å². The molecule has 78 valence electrons. The summed E-state index contributed by atoms with van der Waals surface area (Å²) in [6, 6.07) is 0. The van der Waals surface area contributed by atoms with Gasteiger partial charge in [0.15, 0.2) is 5.13 Å². The Morgan fingerprint density at radius 2 is 2.14 bits per heavy atom. The molecule has 0 radical (unpaired) electrons. The lowest BCUT2D eigenvalue weighted by Gasteiger charge is -2.26. The van der Waals surface area contributed by atoms with Crippen molar-refractivity contribution < 1.29 is 8.78 Å². The van der Waals surface area contributed by atoms with Gasteiger partial charge in [-0.25, -0.2) is 13.8 Å². The van der Waals surface area contributed by atoms with E-state index in [9.17, 15) is 8.78 Å². The third-order valence-corrected chi connectivity index (χ3v) is 3.04. The summed E-state index contributed by atoms with van der Waals surface area (Å²) in [4.78, 5) is 5.93. The minimum Gasteiger partial charge on any atom is -0.346 e. The zero-order valence-electron chi connectivity index (χ0n) is 7.54. The van der Waals surface area contributed by atoms with Gasteiger partial charge in [-0.1, -0.05) is 0 Å². The van der Waals surface area contributed by atoms with Gasteiger partial charge in [-0.15, -0.1) is 11.3 Å². The molecule has 1 N–H and O–H groups in total. The molecule has 3 nitrogen and oxygen atoms in total. The molecular weight excluding hydrogens is 208 g/mol. The molecule has 0 spiro atoms. The van der Waals surface area contributed by atoms with Crippen molar-refractivity contribution in [2.75, 3.05) is 31.1 Å². The molecule has 1 aromatic rings. The Labute approximate surface area is 84.8 Å². The van der Waals surface area contributed by atoms with Crippen LogP contribution in [0.4, 0.5) is 13.9 Å². The predicted octanol–water partition coefficient (Wildman–Crippen LogP) is 1.49. The first-order valence-electron chi connectivity index (χ1n) is 4.46. The van der Waals surface area contributed by atoms with Crippen LogP contribution in [0.3, 0.4) is 0 Å². The minimum atomic E-state index is -2.46. The molecule has 1 aliphatic rings. The smallest absolute Gasteiger partial charge is 0.281 e. The van der Waals surface area contributed by atoms with Crippen LogP contribution in [0.2, 0.25) is 0 Å². The molecule has 2 rings (SSSR count). The molecule has 2 heterocycles. The SMILES string of the molecule is FC(F)c1csc(N2CCNCC2)n1. The van der Waals surface area contributed by atoms with Gasteiger partial charge in [0.25, 0.3) is 6.43 Å². The van der Waals surface area contributed by atoms with Gasteiger partial charge in [0.2, 0.25) is 0 Å². The minimum absolute atomic E-state index is 0.108. The van der Waals surface area contributed by atoms with Gasteiger partial charge in [-0.3, -0.25) is 0 Å². The van der Waals surface area contributed by atoms with E-state index in [1.807, 2.05) is 4.90 Å². The fraction of sp³-hybridized carbons (Fsp3) is 0.625. The van der Waals surface area contributed by atoms with E-state index in [0.29, 0.717) is 5.13 Å². The van der Waals surface area contributed by atoms with Crippen LogP contribution in [0.1, 0.15) is 12.1 Å². The van der Waals surface area contributed by atoms with E-state index in [0.717, 1.165) is 26.2 Å². The third kappa shape index (κ3) is 2.01. The van der Waals surface area contributed by atoms with Crippen LogP contribution >= 0.6 is 11.3 Å². The Kier molecular flexibility index (Phi) is 2.93. The van der Waals surface area contributed by atoms with Gasteiger partial charge in [0, 0.05) is 31.6 Å². The quantitative estimate of drug-likeness (QED) is 0.816. The van der Waals surface area contributed by atoms with Crippen molar-refractivity contribution in [3.05, 3.63) is 11.1 Å². The molecule has 0 aromatic carbocycles. The Morgan fingerprint density at radius 1 is 1.43 bits per heavy atom. The summed E-state index contributed by atoms with van der Waals surface area (Å²) in [5, 5.41) is 5.34. The number of rotatable bonds is 2. The number of nitrogens with zero attached hydrogens (tertiary/aromatic N) is 2. The second kappa shape index (κ2) is 4.18. The fourth-order valence-corrected chi connectivity index (χ4v) is 2.25. The maximum Gasteiger partial charge on any atom is 0.281 e. The fourth-order valence-electron chi connectivity index (χ4n) is 1.38. The monoisotopic (exact) mass is 219 g/mol. The van der Waals surface area contributed by atoms with Gasteiger partial charge < -0.3 is 10.2 Å². The molecule has 0 bridgehead atoms. The molecule has 1 fully saturated rings.